The van der Waals surface area contributed by atoms with Crippen LogP contribution in [-0.4, -0.2) is 9.97 Å². The van der Waals surface area contributed by atoms with Gasteiger partial charge >= 0.3 is 0 Å². The van der Waals surface area contributed by atoms with Gasteiger partial charge in [-0.05, 0) is 46.1 Å². The summed E-state index contributed by atoms with van der Waals surface area (Å²) < 4.78 is 0.973. The van der Waals surface area contributed by atoms with E-state index in [2.05, 4.69) is 37.4 Å². The van der Waals surface area contributed by atoms with Crippen molar-refractivity contribution in [2.75, 3.05) is 0 Å². The zero-order valence-electron chi connectivity index (χ0n) is 10.1. The van der Waals surface area contributed by atoms with Crippen LogP contribution >= 0.6 is 15.9 Å². The summed E-state index contributed by atoms with van der Waals surface area (Å²) in [6.07, 6.45) is 6.18. The van der Waals surface area contributed by atoms with Crippen LogP contribution in [0.3, 0.4) is 0 Å². The molecule has 0 fully saturated rings. The van der Waals surface area contributed by atoms with Crippen molar-refractivity contribution in [3.8, 4) is 0 Å². The molecule has 0 saturated carbocycles. The molecular formula is C13H15BrN4. The first kappa shape index (κ1) is 13.1. The van der Waals surface area contributed by atoms with Crippen LogP contribution in [0.25, 0.3) is 0 Å². The number of rotatable bonds is 4. The fourth-order valence-electron chi connectivity index (χ4n) is 1.78. The number of aromatic nitrogens is 2. The highest BCUT2D eigenvalue weighted by Gasteiger charge is 2.11. The normalized spacial score (nSPS) is 12.4. The highest BCUT2D eigenvalue weighted by Crippen LogP contribution is 2.17. The Labute approximate surface area is 115 Å². The van der Waals surface area contributed by atoms with Gasteiger partial charge in [0, 0.05) is 35.2 Å². The van der Waals surface area contributed by atoms with Gasteiger partial charge in [-0.25, -0.2) is 0 Å². The molecule has 0 aliphatic rings. The Morgan fingerprint density at radius 2 is 2.17 bits per heavy atom. The molecule has 0 aliphatic carbocycles. The van der Waals surface area contributed by atoms with Gasteiger partial charge in [0.25, 0.3) is 0 Å². The van der Waals surface area contributed by atoms with Gasteiger partial charge in [0.15, 0.2) is 0 Å². The summed E-state index contributed by atoms with van der Waals surface area (Å²) in [7, 11) is 0. The molecule has 0 saturated heterocycles. The molecule has 0 aromatic carbocycles. The van der Waals surface area contributed by atoms with Gasteiger partial charge in [-0.1, -0.05) is 6.07 Å². The van der Waals surface area contributed by atoms with Crippen molar-refractivity contribution in [1.82, 2.24) is 15.4 Å². The zero-order chi connectivity index (χ0) is 13.0. The average molecular weight is 307 g/mol. The van der Waals surface area contributed by atoms with Gasteiger partial charge in [0.05, 0.1) is 6.04 Å². The molecule has 2 rings (SSSR count). The third-order valence-corrected chi connectivity index (χ3v) is 3.17. The van der Waals surface area contributed by atoms with Crippen molar-refractivity contribution in [2.45, 2.75) is 19.4 Å². The van der Waals surface area contributed by atoms with Crippen molar-refractivity contribution in [1.29, 1.82) is 0 Å². The van der Waals surface area contributed by atoms with Crippen molar-refractivity contribution < 1.29 is 0 Å². The van der Waals surface area contributed by atoms with E-state index >= 15 is 0 Å². The number of hydrogen-bond acceptors (Lipinski definition) is 4. The highest BCUT2D eigenvalue weighted by atomic mass is 79.9. The average Bonchev–Trinajstić information content (AvgIpc) is 2.38. The molecule has 5 heteroatoms. The molecule has 0 bridgehead atoms. The van der Waals surface area contributed by atoms with Gasteiger partial charge in [-0.15, -0.1) is 0 Å². The third kappa shape index (κ3) is 3.35. The molecule has 18 heavy (non-hydrogen) atoms. The molecule has 3 N–H and O–H groups in total. The number of halogens is 1. The van der Waals surface area contributed by atoms with Crippen LogP contribution in [0.4, 0.5) is 0 Å². The van der Waals surface area contributed by atoms with Crippen molar-refractivity contribution >= 4 is 15.9 Å². The lowest BCUT2D eigenvalue weighted by molar-refractivity contribution is 0.544. The van der Waals surface area contributed by atoms with Crippen molar-refractivity contribution in [2.24, 2.45) is 5.84 Å². The summed E-state index contributed by atoms with van der Waals surface area (Å²) >= 11 is 3.37. The summed E-state index contributed by atoms with van der Waals surface area (Å²) in [4.78, 5) is 8.54. The molecule has 2 aromatic heterocycles. The number of aryl methyl sites for hydroxylation is 1. The molecule has 0 spiro atoms. The van der Waals surface area contributed by atoms with E-state index in [1.807, 2.05) is 31.5 Å². The lowest BCUT2D eigenvalue weighted by Gasteiger charge is -2.16. The van der Waals surface area contributed by atoms with Crippen LogP contribution in [0.15, 0.2) is 41.3 Å². The Hall–Kier alpha value is -1.30. The van der Waals surface area contributed by atoms with Crippen molar-refractivity contribution in [3.63, 3.8) is 0 Å². The molecule has 0 radical (unpaired) electrons. The molecule has 2 aromatic rings. The summed E-state index contributed by atoms with van der Waals surface area (Å²) in [5, 5.41) is 0. The van der Waals surface area contributed by atoms with E-state index in [0.717, 1.165) is 27.7 Å². The van der Waals surface area contributed by atoms with Gasteiger partial charge < -0.3 is 0 Å². The Morgan fingerprint density at radius 3 is 2.78 bits per heavy atom. The minimum absolute atomic E-state index is 0.0195. The van der Waals surface area contributed by atoms with E-state index in [0.29, 0.717) is 0 Å². The quantitative estimate of drug-likeness (QED) is 0.672. The zero-order valence-corrected chi connectivity index (χ0v) is 11.7. The van der Waals surface area contributed by atoms with E-state index in [1.54, 1.807) is 6.20 Å². The predicted molar refractivity (Wildman–Crippen MR) is 74.7 cm³/mol. The number of nitrogens with one attached hydrogen (secondary N) is 1. The van der Waals surface area contributed by atoms with Crippen LogP contribution < -0.4 is 11.3 Å². The Morgan fingerprint density at radius 1 is 1.33 bits per heavy atom. The summed E-state index contributed by atoms with van der Waals surface area (Å²) in [5.41, 5.74) is 6.00. The first-order chi connectivity index (χ1) is 8.69. The topological polar surface area (TPSA) is 63.8 Å². The fourth-order valence-corrected chi connectivity index (χ4v) is 2.01. The second-order valence-corrected chi connectivity index (χ2v) is 5.10. The van der Waals surface area contributed by atoms with Crippen LogP contribution in [0, 0.1) is 6.92 Å². The van der Waals surface area contributed by atoms with Crippen molar-refractivity contribution in [3.05, 3.63) is 58.1 Å². The van der Waals surface area contributed by atoms with Gasteiger partial charge in [0.2, 0.25) is 0 Å². The minimum atomic E-state index is 0.0195. The maximum atomic E-state index is 5.62. The van der Waals surface area contributed by atoms with Crippen LogP contribution in [0.1, 0.15) is 22.9 Å². The third-order valence-electron chi connectivity index (χ3n) is 2.70. The van der Waals surface area contributed by atoms with Crippen LogP contribution in [0.2, 0.25) is 0 Å². The minimum Gasteiger partial charge on any atom is -0.271 e. The molecule has 1 unspecified atom stereocenters. The highest BCUT2D eigenvalue weighted by molar-refractivity contribution is 9.10. The number of hydrogen-bond donors (Lipinski definition) is 2. The summed E-state index contributed by atoms with van der Waals surface area (Å²) in [6, 6.07) is 6.06. The number of nitrogens with zero attached hydrogens (tertiary/aromatic N) is 2. The molecule has 2 heterocycles. The maximum Gasteiger partial charge on any atom is 0.0530 e. The number of nitrogens with two attached hydrogens (primary N) is 1. The SMILES string of the molecule is Cc1cncc(C(Cc2ccc(Br)cn2)NN)c1. The molecule has 0 amide bonds. The lowest BCUT2D eigenvalue weighted by atomic mass is 10.0. The van der Waals surface area contributed by atoms with E-state index in [9.17, 15) is 0 Å². The monoisotopic (exact) mass is 306 g/mol. The Kier molecular flexibility index (Phi) is 4.41. The second kappa shape index (κ2) is 6.04. The lowest BCUT2D eigenvalue weighted by Crippen LogP contribution is -2.30. The van der Waals surface area contributed by atoms with Crippen LogP contribution in [-0.2, 0) is 6.42 Å². The summed E-state index contributed by atoms with van der Waals surface area (Å²) in [5.74, 6) is 5.62. The van der Waals surface area contributed by atoms with Crippen LogP contribution in [0.5, 0.6) is 0 Å². The first-order valence-electron chi connectivity index (χ1n) is 5.67. The second-order valence-electron chi connectivity index (χ2n) is 4.19. The van der Waals surface area contributed by atoms with E-state index in [4.69, 9.17) is 5.84 Å². The smallest absolute Gasteiger partial charge is 0.0530 e. The number of hydrazine groups is 1. The molecule has 94 valence electrons. The maximum absolute atomic E-state index is 5.62. The molecule has 4 nitrogen and oxygen atoms in total. The molecular weight excluding hydrogens is 292 g/mol. The Bertz CT molecular complexity index is 513. The van der Waals surface area contributed by atoms with E-state index in [1.165, 1.54) is 0 Å². The van der Waals surface area contributed by atoms with E-state index in [-0.39, 0.29) is 6.04 Å². The number of pyridine rings is 2. The molecule has 1 atom stereocenters. The first-order valence-corrected chi connectivity index (χ1v) is 6.46. The standard InChI is InChI=1S/C13H15BrN4/c1-9-4-10(7-16-6-9)13(18-15)5-12-3-2-11(14)8-17-12/h2-4,6-8,13,18H,5,15H2,1H3. The molecule has 0 aliphatic heterocycles. The fraction of sp³-hybridized carbons (Fsp3) is 0.231. The van der Waals surface area contributed by atoms with Gasteiger partial charge in [-0.3, -0.25) is 21.2 Å². The summed E-state index contributed by atoms with van der Waals surface area (Å²) in [6.45, 7) is 2.02. The Balaban J connectivity index is 2.17. The van der Waals surface area contributed by atoms with Gasteiger partial charge in [0.1, 0.15) is 0 Å². The predicted octanol–water partition coefficient (Wildman–Crippen LogP) is 2.29. The van der Waals surface area contributed by atoms with Gasteiger partial charge in [-0.2, -0.15) is 0 Å². The largest absolute Gasteiger partial charge is 0.271 e. The van der Waals surface area contributed by atoms with E-state index < -0.39 is 0 Å².